The molecule has 2 aromatic heterocycles. The number of piperazine rings is 1. The van der Waals surface area contributed by atoms with Crippen molar-refractivity contribution in [3.8, 4) is 11.1 Å². The van der Waals surface area contributed by atoms with Crippen molar-refractivity contribution < 1.29 is 9.18 Å². The van der Waals surface area contributed by atoms with E-state index in [1.165, 1.54) is 12.1 Å². The summed E-state index contributed by atoms with van der Waals surface area (Å²) in [5.74, 6) is 0.441. The molecule has 0 bridgehead atoms. The standard InChI is InChI=1S/C22H24FN5O/c1-27-9-11-28(12-10-27)21-17(3-2-8-25-21)13-26-22(29)20-15-24-14-19(20)16-4-6-18(23)7-5-16/h2-8,14-15,24H,9-13H2,1H3,(H,26,29). The number of likely N-dealkylation sites (N-methyl/N-ethyl adjacent to an activating group) is 1. The Morgan fingerprint density at radius 2 is 1.90 bits per heavy atom. The number of carbonyl (C=O) groups excluding carboxylic acids is 1. The fourth-order valence-corrected chi connectivity index (χ4v) is 3.56. The number of pyridine rings is 1. The molecule has 0 spiro atoms. The topological polar surface area (TPSA) is 64.3 Å². The van der Waals surface area contributed by atoms with Gasteiger partial charge in [-0.25, -0.2) is 9.37 Å². The Hall–Kier alpha value is -3.19. The lowest BCUT2D eigenvalue weighted by Gasteiger charge is -2.34. The predicted molar refractivity (Wildman–Crippen MR) is 111 cm³/mol. The molecule has 0 aliphatic carbocycles. The Kier molecular flexibility index (Phi) is 5.57. The zero-order chi connectivity index (χ0) is 20.2. The van der Waals surface area contributed by atoms with Gasteiger partial charge in [0.1, 0.15) is 11.6 Å². The molecule has 3 aromatic rings. The van der Waals surface area contributed by atoms with E-state index in [-0.39, 0.29) is 11.7 Å². The molecule has 1 fully saturated rings. The average Bonchev–Trinajstić information content (AvgIpc) is 3.23. The number of benzene rings is 1. The van der Waals surface area contributed by atoms with E-state index in [0.717, 1.165) is 48.7 Å². The maximum atomic E-state index is 13.2. The van der Waals surface area contributed by atoms with Crippen LogP contribution >= 0.6 is 0 Å². The average molecular weight is 393 g/mol. The molecular formula is C22H24FN5O. The van der Waals surface area contributed by atoms with Crippen LogP contribution in [-0.4, -0.2) is 54.0 Å². The number of anilines is 1. The van der Waals surface area contributed by atoms with Gasteiger partial charge in [-0.15, -0.1) is 0 Å². The fourth-order valence-electron chi connectivity index (χ4n) is 3.56. The highest BCUT2D eigenvalue weighted by atomic mass is 19.1. The first-order valence-electron chi connectivity index (χ1n) is 9.70. The summed E-state index contributed by atoms with van der Waals surface area (Å²) in [5.41, 5.74) is 3.05. The van der Waals surface area contributed by atoms with E-state index >= 15 is 0 Å². The van der Waals surface area contributed by atoms with E-state index in [0.29, 0.717) is 12.1 Å². The summed E-state index contributed by atoms with van der Waals surface area (Å²) >= 11 is 0. The van der Waals surface area contributed by atoms with Gasteiger partial charge in [0.15, 0.2) is 0 Å². The summed E-state index contributed by atoms with van der Waals surface area (Å²) < 4.78 is 13.2. The van der Waals surface area contributed by atoms with Gasteiger partial charge in [-0.2, -0.15) is 0 Å². The second kappa shape index (κ2) is 8.45. The number of nitrogens with one attached hydrogen (secondary N) is 2. The van der Waals surface area contributed by atoms with Gasteiger partial charge in [0, 0.05) is 62.4 Å². The second-order valence-corrected chi connectivity index (χ2v) is 7.25. The molecule has 0 unspecified atom stereocenters. The van der Waals surface area contributed by atoms with Crippen molar-refractivity contribution in [1.29, 1.82) is 0 Å². The minimum Gasteiger partial charge on any atom is -0.366 e. The van der Waals surface area contributed by atoms with Gasteiger partial charge in [-0.1, -0.05) is 18.2 Å². The maximum Gasteiger partial charge on any atom is 0.253 e. The van der Waals surface area contributed by atoms with Crippen molar-refractivity contribution in [3.05, 3.63) is 71.9 Å². The quantitative estimate of drug-likeness (QED) is 0.700. The molecule has 1 aliphatic rings. The molecule has 0 atom stereocenters. The van der Waals surface area contributed by atoms with E-state index in [2.05, 4.69) is 32.1 Å². The monoisotopic (exact) mass is 393 g/mol. The first-order valence-corrected chi connectivity index (χ1v) is 9.70. The van der Waals surface area contributed by atoms with Crippen LogP contribution in [0.25, 0.3) is 11.1 Å². The normalized spacial score (nSPS) is 14.8. The molecule has 1 aromatic carbocycles. The minimum absolute atomic E-state index is 0.182. The largest absolute Gasteiger partial charge is 0.366 e. The van der Waals surface area contributed by atoms with Crippen LogP contribution in [-0.2, 0) is 6.54 Å². The van der Waals surface area contributed by atoms with Gasteiger partial charge in [0.05, 0.1) is 5.56 Å². The van der Waals surface area contributed by atoms with Crippen LogP contribution in [0.15, 0.2) is 55.0 Å². The minimum atomic E-state index is -0.302. The predicted octanol–water partition coefficient (Wildman–Crippen LogP) is 2.90. The van der Waals surface area contributed by atoms with Gasteiger partial charge in [0.25, 0.3) is 5.91 Å². The van der Waals surface area contributed by atoms with Crippen molar-refractivity contribution >= 4 is 11.7 Å². The summed E-state index contributed by atoms with van der Waals surface area (Å²) in [6, 6.07) is 10.0. The molecule has 4 rings (SSSR count). The second-order valence-electron chi connectivity index (χ2n) is 7.25. The Morgan fingerprint density at radius 1 is 1.14 bits per heavy atom. The zero-order valence-corrected chi connectivity index (χ0v) is 16.4. The molecule has 1 aliphatic heterocycles. The number of carbonyl (C=O) groups is 1. The third-order valence-corrected chi connectivity index (χ3v) is 5.26. The van der Waals surface area contributed by atoms with Crippen molar-refractivity contribution in [3.63, 3.8) is 0 Å². The van der Waals surface area contributed by atoms with E-state index in [9.17, 15) is 9.18 Å². The molecule has 1 saturated heterocycles. The Balaban J connectivity index is 1.48. The molecule has 7 heteroatoms. The number of aromatic nitrogens is 2. The van der Waals surface area contributed by atoms with Crippen LogP contribution in [0, 0.1) is 5.82 Å². The number of nitrogens with zero attached hydrogens (tertiary/aromatic N) is 3. The van der Waals surface area contributed by atoms with Crippen LogP contribution in [0.5, 0.6) is 0 Å². The van der Waals surface area contributed by atoms with Crippen LogP contribution in [0.3, 0.4) is 0 Å². The van der Waals surface area contributed by atoms with Gasteiger partial charge < -0.3 is 20.1 Å². The number of rotatable bonds is 5. The first kappa shape index (κ1) is 19.1. The lowest BCUT2D eigenvalue weighted by Crippen LogP contribution is -2.45. The van der Waals surface area contributed by atoms with E-state index in [4.69, 9.17) is 0 Å². The maximum absolute atomic E-state index is 13.2. The highest BCUT2D eigenvalue weighted by Crippen LogP contribution is 2.24. The van der Waals surface area contributed by atoms with Gasteiger partial charge in [0.2, 0.25) is 0 Å². The van der Waals surface area contributed by atoms with E-state index < -0.39 is 0 Å². The number of halogens is 1. The smallest absolute Gasteiger partial charge is 0.253 e. The molecule has 6 nitrogen and oxygen atoms in total. The van der Waals surface area contributed by atoms with Crippen LogP contribution < -0.4 is 10.2 Å². The van der Waals surface area contributed by atoms with Crippen LogP contribution in [0.4, 0.5) is 10.2 Å². The zero-order valence-electron chi connectivity index (χ0n) is 16.4. The third-order valence-electron chi connectivity index (χ3n) is 5.26. The summed E-state index contributed by atoms with van der Waals surface area (Å²) in [6.07, 6.45) is 5.21. The van der Waals surface area contributed by atoms with Crippen molar-refractivity contribution in [2.75, 3.05) is 38.1 Å². The molecule has 0 saturated carbocycles. The lowest BCUT2D eigenvalue weighted by atomic mass is 10.0. The van der Waals surface area contributed by atoms with E-state index in [1.54, 1.807) is 30.7 Å². The Morgan fingerprint density at radius 3 is 2.66 bits per heavy atom. The van der Waals surface area contributed by atoms with Gasteiger partial charge in [-0.05, 0) is 30.8 Å². The van der Waals surface area contributed by atoms with Crippen molar-refractivity contribution in [2.45, 2.75) is 6.54 Å². The SMILES string of the molecule is CN1CCN(c2ncccc2CNC(=O)c2c[nH]cc2-c2ccc(F)cc2)CC1. The van der Waals surface area contributed by atoms with Crippen molar-refractivity contribution in [1.82, 2.24) is 20.2 Å². The number of aromatic amines is 1. The number of hydrogen-bond donors (Lipinski definition) is 2. The molecule has 3 heterocycles. The molecule has 29 heavy (non-hydrogen) atoms. The van der Waals surface area contributed by atoms with Gasteiger partial charge >= 0.3 is 0 Å². The number of H-pyrrole nitrogens is 1. The summed E-state index contributed by atoms with van der Waals surface area (Å²) in [7, 11) is 2.12. The highest BCUT2D eigenvalue weighted by molar-refractivity contribution is 6.00. The molecule has 2 N–H and O–H groups in total. The van der Waals surface area contributed by atoms with Crippen LogP contribution in [0.1, 0.15) is 15.9 Å². The highest BCUT2D eigenvalue weighted by Gasteiger charge is 2.19. The molecule has 0 radical (unpaired) electrons. The Bertz CT molecular complexity index is 977. The molecular weight excluding hydrogens is 369 g/mol. The molecule has 1 amide bonds. The van der Waals surface area contributed by atoms with E-state index in [1.807, 2.05) is 12.1 Å². The fraction of sp³-hybridized carbons (Fsp3) is 0.273. The lowest BCUT2D eigenvalue weighted by molar-refractivity contribution is 0.0951. The Labute approximate surface area is 169 Å². The number of amides is 1. The third kappa shape index (κ3) is 4.30. The first-order chi connectivity index (χ1) is 14.1. The van der Waals surface area contributed by atoms with Gasteiger partial charge in [-0.3, -0.25) is 4.79 Å². The summed E-state index contributed by atoms with van der Waals surface area (Å²) in [5, 5.41) is 3.00. The van der Waals surface area contributed by atoms with Crippen LogP contribution in [0.2, 0.25) is 0 Å². The van der Waals surface area contributed by atoms with Crippen molar-refractivity contribution in [2.24, 2.45) is 0 Å². The number of hydrogen-bond acceptors (Lipinski definition) is 4. The summed E-state index contributed by atoms with van der Waals surface area (Å²) in [4.78, 5) is 24.9. The summed E-state index contributed by atoms with van der Waals surface area (Å²) in [6.45, 7) is 4.21. The molecule has 150 valence electrons.